The Morgan fingerprint density at radius 3 is 2.76 bits per heavy atom. The summed E-state index contributed by atoms with van der Waals surface area (Å²) >= 11 is 13.8. The van der Waals surface area contributed by atoms with E-state index in [4.69, 9.17) is 28.9 Å². The number of carbonyl (C=O) groups is 1. The van der Waals surface area contributed by atoms with E-state index in [0.29, 0.717) is 38.1 Å². The molecule has 3 N–H and O–H groups in total. The minimum atomic E-state index is -0.256. The van der Waals surface area contributed by atoms with Crippen molar-refractivity contribution >= 4 is 72.9 Å². The number of amides is 1. The first-order chi connectivity index (χ1) is 15.9. The predicted octanol–water partition coefficient (Wildman–Crippen LogP) is 6.28. The fourth-order valence-corrected chi connectivity index (χ4v) is 5.17. The van der Waals surface area contributed by atoms with Crippen LogP contribution in [0.2, 0.25) is 10.0 Å². The van der Waals surface area contributed by atoms with Gasteiger partial charge in [0.1, 0.15) is 12.1 Å². The second kappa shape index (κ2) is 8.59. The van der Waals surface area contributed by atoms with E-state index in [1.54, 1.807) is 17.6 Å². The first-order valence-electron chi connectivity index (χ1n) is 10.0. The molecule has 0 radical (unpaired) electrons. The monoisotopic (exact) mass is 493 g/mol. The number of benzene rings is 2. The summed E-state index contributed by atoms with van der Waals surface area (Å²) in [5, 5.41) is 7.83. The van der Waals surface area contributed by atoms with Crippen LogP contribution >= 0.6 is 34.5 Å². The molecule has 0 aliphatic rings. The van der Waals surface area contributed by atoms with Crippen molar-refractivity contribution in [3.8, 4) is 0 Å². The number of fused-ring (bicyclic) bond motifs is 2. The van der Waals surface area contributed by atoms with Crippen LogP contribution in [0.1, 0.15) is 27.2 Å². The summed E-state index contributed by atoms with van der Waals surface area (Å²) < 4.78 is 0.698. The van der Waals surface area contributed by atoms with E-state index in [2.05, 4.69) is 20.3 Å². The largest absolute Gasteiger partial charge is 0.382 e. The summed E-state index contributed by atoms with van der Waals surface area (Å²) in [7, 11) is 0. The number of rotatable bonds is 4. The average molecular weight is 494 g/mol. The fraction of sp³-hybridized carbons (Fsp3) is 0.0833. The number of aryl methyl sites for hydroxylation is 1. The number of nitrogens with zero attached hydrogens (tertiary/aromatic N) is 3. The van der Waals surface area contributed by atoms with Gasteiger partial charge in [0.05, 0.1) is 27.2 Å². The van der Waals surface area contributed by atoms with Gasteiger partial charge in [0.25, 0.3) is 5.91 Å². The molecule has 5 aromatic rings. The van der Waals surface area contributed by atoms with Gasteiger partial charge in [-0.25, -0.2) is 9.97 Å². The number of hydrogen-bond donors (Lipinski definition) is 2. The number of pyridine rings is 1. The van der Waals surface area contributed by atoms with Crippen LogP contribution in [0.3, 0.4) is 0 Å². The van der Waals surface area contributed by atoms with Crippen molar-refractivity contribution in [3.63, 3.8) is 0 Å². The minimum Gasteiger partial charge on any atom is -0.382 e. The summed E-state index contributed by atoms with van der Waals surface area (Å²) in [6.07, 6.45) is 3.64. The van der Waals surface area contributed by atoms with E-state index in [1.807, 2.05) is 37.3 Å². The number of hydrogen-bond acceptors (Lipinski definition) is 6. The molecule has 5 rings (SSSR count). The Hall–Kier alpha value is -3.26. The molecule has 33 heavy (non-hydrogen) atoms. The molecule has 0 unspecified atom stereocenters. The summed E-state index contributed by atoms with van der Waals surface area (Å²) in [5.41, 5.74) is 10.4. The number of thiophene rings is 1. The van der Waals surface area contributed by atoms with Crippen LogP contribution in [-0.4, -0.2) is 20.9 Å². The standard InChI is InChI=1S/C24H17Cl2N5OS/c1-12-2-5-15-16(6-7-28-19(15)8-13-3-4-14(25)9-18(13)26)20(12)31-24(32)17-10-33-22-21(17)29-11-30-23(22)27/h2-7,9-11H,8H2,1H3,(H,31,32)(H2,27,29,30). The third kappa shape index (κ3) is 3.99. The molecule has 0 aliphatic carbocycles. The minimum absolute atomic E-state index is 0.256. The third-order valence-corrected chi connectivity index (χ3v) is 7.05. The van der Waals surface area contributed by atoms with Gasteiger partial charge in [0, 0.05) is 38.8 Å². The number of anilines is 2. The lowest BCUT2D eigenvalue weighted by molar-refractivity contribution is 0.102. The van der Waals surface area contributed by atoms with Gasteiger partial charge in [-0.1, -0.05) is 41.4 Å². The van der Waals surface area contributed by atoms with Crippen LogP contribution < -0.4 is 11.1 Å². The Morgan fingerprint density at radius 1 is 1.09 bits per heavy atom. The molecule has 3 aromatic heterocycles. The van der Waals surface area contributed by atoms with Crippen LogP contribution in [0.25, 0.3) is 21.0 Å². The summed E-state index contributed by atoms with van der Waals surface area (Å²) in [6.45, 7) is 1.96. The van der Waals surface area contributed by atoms with Crippen molar-refractivity contribution in [2.24, 2.45) is 0 Å². The Labute approximate surface area is 203 Å². The van der Waals surface area contributed by atoms with Crippen molar-refractivity contribution in [1.82, 2.24) is 15.0 Å². The maximum Gasteiger partial charge on any atom is 0.258 e. The van der Waals surface area contributed by atoms with E-state index in [9.17, 15) is 4.79 Å². The molecule has 1 amide bonds. The molecular formula is C24H17Cl2N5OS. The molecule has 0 fully saturated rings. The van der Waals surface area contributed by atoms with Crippen molar-refractivity contribution in [3.05, 3.63) is 86.7 Å². The Kier molecular flexibility index (Phi) is 5.62. The molecule has 2 aromatic carbocycles. The highest BCUT2D eigenvalue weighted by molar-refractivity contribution is 7.18. The molecule has 164 valence electrons. The number of halogens is 2. The first-order valence-corrected chi connectivity index (χ1v) is 11.7. The van der Waals surface area contributed by atoms with Crippen molar-refractivity contribution in [1.29, 1.82) is 0 Å². The molecular weight excluding hydrogens is 477 g/mol. The van der Waals surface area contributed by atoms with Crippen molar-refractivity contribution in [2.45, 2.75) is 13.3 Å². The molecule has 0 aliphatic heterocycles. The van der Waals surface area contributed by atoms with Gasteiger partial charge in [0.2, 0.25) is 0 Å². The summed E-state index contributed by atoms with van der Waals surface area (Å²) in [6, 6.07) is 11.3. The summed E-state index contributed by atoms with van der Waals surface area (Å²) in [5.74, 6) is 0.107. The number of nitrogens with two attached hydrogens (primary N) is 1. The van der Waals surface area contributed by atoms with Gasteiger partial charge in [-0.05, 0) is 36.2 Å². The maximum atomic E-state index is 13.2. The lowest BCUT2D eigenvalue weighted by Gasteiger charge is -2.14. The van der Waals surface area contributed by atoms with Crippen LogP contribution in [0.15, 0.2) is 54.3 Å². The van der Waals surface area contributed by atoms with Crippen LogP contribution in [0, 0.1) is 6.92 Å². The zero-order valence-corrected chi connectivity index (χ0v) is 19.7. The zero-order valence-electron chi connectivity index (χ0n) is 17.4. The molecule has 0 atom stereocenters. The van der Waals surface area contributed by atoms with Gasteiger partial charge in [0.15, 0.2) is 0 Å². The molecule has 6 nitrogen and oxygen atoms in total. The highest BCUT2D eigenvalue weighted by atomic mass is 35.5. The Bertz CT molecular complexity index is 1550. The molecule has 3 heterocycles. The second-order valence-corrected chi connectivity index (χ2v) is 9.29. The smallest absolute Gasteiger partial charge is 0.258 e. The van der Waals surface area contributed by atoms with Crippen molar-refractivity contribution < 1.29 is 4.79 Å². The number of nitrogens with one attached hydrogen (secondary N) is 1. The number of nitrogen functional groups attached to an aromatic ring is 1. The van der Waals surface area contributed by atoms with Gasteiger partial charge >= 0.3 is 0 Å². The molecule has 0 spiro atoms. The van der Waals surface area contributed by atoms with Crippen LogP contribution in [0.4, 0.5) is 11.5 Å². The molecule has 0 saturated carbocycles. The lowest BCUT2D eigenvalue weighted by Crippen LogP contribution is -2.13. The van der Waals surface area contributed by atoms with E-state index < -0.39 is 0 Å². The third-order valence-electron chi connectivity index (χ3n) is 5.47. The van der Waals surface area contributed by atoms with E-state index >= 15 is 0 Å². The molecule has 0 bridgehead atoms. The maximum absolute atomic E-state index is 13.2. The Balaban J connectivity index is 1.54. The Morgan fingerprint density at radius 2 is 1.94 bits per heavy atom. The summed E-state index contributed by atoms with van der Waals surface area (Å²) in [4.78, 5) is 26.0. The van der Waals surface area contributed by atoms with Gasteiger partial charge < -0.3 is 11.1 Å². The molecule has 0 saturated heterocycles. The first kappa shape index (κ1) is 21.6. The van der Waals surface area contributed by atoms with Crippen LogP contribution in [-0.2, 0) is 6.42 Å². The van der Waals surface area contributed by atoms with E-state index in [0.717, 1.165) is 33.3 Å². The van der Waals surface area contributed by atoms with Gasteiger partial charge in [-0.2, -0.15) is 0 Å². The zero-order chi connectivity index (χ0) is 23.1. The average Bonchev–Trinajstić information content (AvgIpc) is 3.23. The van der Waals surface area contributed by atoms with Gasteiger partial charge in [-0.15, -0.1) is 11.3 Å². The SMILES string of the molecule is Cc1ccc2c(Cc3ccc(Cl)cc3Cl)nccc2c1NC(=O)c1csc2c(N)ncnc12. The fourth-order valence-electron chi connectivity index (χ4n) is 3.79. The molecule has 9 heteroatoms. The highest BCUT2D eigenvalue weighted by Gasteiger charge is 2.18. The highest BCUT2D eigenvalue weighted by Crippen LogP contribution is 2.33. The lowest BCUT2D eigenvalue weighted by atomic mass is 10.00. The van der Waals surface area contributed by atoms with Gasteiger partial charge in [-0.3, -0.25) is 9.78 Å². The number of aromatic nitrogens is 3. The topological polar surface area (TPSA) is 93.8 Å². The van der Waals surface area contributed by atoms with E-state index in [-0.39, 0.29) is 5.91 Å². The van der Waals surface area contributed by atoms with Crippen molar-refractivity contribution in [2.75, 3.05) is 11.1 Å². The quantitative estimate of drug-likeness (QED) is 0.307. The predicted molar refractivity (Wildman–Crippen MR) is 136 cm³/mol. The van der Waals surface area contributed by atoms with E-state index in [1.165, 1.54) is 17.7 Å². The van der Waals surface area contributed by atoms with Crippen LogP contribution in [0.5, 0.6) is 0 Å². The normalized spacial score (nSPS) is 11.2. The number of carbonyl (C=O) groups excluding carboxylic acids is 1. The second-order valence-electron chi connectivity index (χ2n) is 7.56.